The Bertz CT molecular complexity index is 985. The van der Waals surface area contributed by atoms with Gasteiger partial charge in [0, 0.05) is 24.0 Å². The van der Waals surface area contributed by atoms with Gasteiger partial charge in [-0.05, 0) is 39.3 Å². The summed E-state index contributed by atoms with van der Waals surface area (Å²) in [4.78, 5) is 5.26. The molecule has 0 aliphatic rings. The minimum Gasteiger partial charge on any atom is -0.440 e. The number of likely N-dealkylation sites (N-methyl/N-ethyl adjacent to an activating group) is 1. The molecule has 9 heteroatoms. The van der Waals surface area contributed by atoms with Crippen LogP contribution in [0.1, 0.15) is 21.8 Å². The normalized spacial score (nSPS) is 12.2. The van der Waals surface area contributed by atoms with Crippen LogP contribution in [0.15, 0.2) is 31.7 Å². The minimum absolute atomic E-state index is 0.112. The molecule has 3 heterocycles. The van der Waals surface area contributed by atoms with E-state index >= 15 is 0 Å². The quantitative estimate of drug-likeness (QED) is 0.651. The third-order valence-corrected chi connectivity index (χ3v) is 6.85. The minimum atomic E-state index is -3.71. The van der Waals surface area contributed by atoms with Crippen molar-refractivity contribution >= 4 is 21.4 Å². The van der Waals surface area contributed by atoms with Crippen LogP contribution in [-0.4, -0.2) is 36.5 Å². The molecule has 0 bridgehead atoms. The van der Waals surface area contributed by atoms with Crippen molar-refractivity contribution in [2.75, 3.05) is 13.6 Å². The zero-order chi connectivity index (χ0) is 18.2. The van der Waals surface area contributed by atoms with Gasteiger partial charge in [0.25, 0.3) is 10.0 Å². The number of rotatable bonds is 6. The number of aromatic nitrogens is 2. The van der Waals surface area contributed by atoms with E-state index in [0.29, 0.717) is 24.5 Å². The lowest BCUT2D eigenvalue weighted by molar-refractivity contribution is 0.388. The van der Waals surface area contributed by atoms with Crippen molar-refractivity contribution in [1.82, 2.24) is 14.4 Å². The molecule has 0 fully saturated rings. The fourth-order valence-corrected chi connectivity index (χ4v) is 4.17. The van der Waals surface area contributed by atoms with Crippen molar-refractivity contribution in [1.29, 1.82) is 0 Å². The first-order valence-electron chi connectivity index (χ1n) is 7.69. The molecule has 25 heavy (non-hydrogen) atoms. The van der Waals surface area contributed by atoms with Gasteiger partial charge >= 0.3 is 0 Å². The van der Waals surface area contributed by atoms with Crippen LogP contribution in [-0.2, 0) is 16.4 Å². The van der Waals surface area contributed by atoms with Crippen LogP contribution in [0.4, 0.5) is 0 Å². The maximum Gasteiger partial charge on any atom is 0.276 e. The van der Waals surface area contributed by atoms with Crippen molar-refractivity contribution < 1.29 is 17.4 Å². The zero-order valence-corrected chi connectivity index (χ0v) is 16.1. The van der Waals surface area contributed by atoms with Crippen molar-refractivity contribution in [3.63, 3.8) is 0 Å². The van der Waals surface area contributed by atoms with Crippen LogP contribution in [0.3, 0.4) is 0 Å². The molecule has 0 N–H and O–H groups in total. The van der Waals surface area contributed by atoms with Crippen LogP contribution >= 0.6 is 11.3 Å². The second-order valence-corrected chi connectivity index (χ2v) is 8.69. The highest BCUT2D eigenvalue weighted by Crippen LogP contribution is 2.29. The van der Waals surface area contributed by atoms with Crippen molar-refractivity contribution in [2.24, 2.45) is 0 Å². The van der Waals surface area contributed by atoms with Gasteiger partial charge in [-0.25, -0.2) is 13.4 Å². The number of furan rings is 1. The molecule has 0 unspecified atom stereocenters. The zero-order valence-electron chi connectivity index (χ0n) is 14.4. The Kier molecular flexibility index (Phi) is 4.81. The molecule has 3 rings (SSSR count). The number of nitrogens with zero attached hydrogens (tertiary/aromatic N) is 3. The highest BCUT2D eigenvalue weighted by Gasteiger charge is 2.26. The number of hydrogen-bond acceptors (Lipinski definition) is 7. The summed E-state index contributed by atoms with van der Waals surface area (Å²) < 4.78 is 37.4. The summed E-state index contributed by atoms with van der Waals surface area (Å²) in [7, 11) is -2.17. The Morgan fingerprint density at radius 2 is 1.96 bits per heavy atom. The van der Waals surface area contributed by atoms with Gasteiger partial charge in [0.1, 0.15) is 0 Å². The molecule has 0 saturated heterocycles. The number of aryl methyl sites for hydroxylation is 2. The van der Waals surface area contributed by atoms with Gasteiger partial charge < -0.3 is 8.94 Å². The van der Waals surface area contributed by atoms with Crippen LogP contribution in [0, 0.1) is 20.8 Å². The Morgan fingerprint density at radius 1 is 1.20 bits per heavy atom. The first-order chi connectivity index (χ1) is 11.8. The molecule has 134 valence electrons. The maximum atomic E-state index is 12.7. The first-order valence-corrected chi connectivity index (χ1v) is 10.0. The maximum absolute atomic E-state index is 12.7. The van der Waals surface area contributed by atoms with E-state index in [1.165, 1.54) is 28.8 Å². The molecular weight excluding hydrogens is 362 g/mol. The Hall–Kier alpha value is -1.97. The third kappa shape index (κ3) is 3.39. The van der Waals surface area contributed by atoms with E-state index in [1.807, 2.05) is 20.8 Å². The van der Waals surface area contributed by atoms with Gasteiger partial charge in [0.05, 0.1) is 16.9 Å². The number of sulfonamides is 1. The van der Waals surface area contributed by atoms with Crippen LogP contribution in [0.2, 0.25) is 0 Å². The summed E-state index contributed by atoms with van der Waals surface area (Å²) in [6.45, 7) is 5.93. The average Bonchev–Trinajstić information content (AvgIpc) is 3.28. The molecule has 0 aliphatic heterocycles. The molecule has 0 saturated carbocycles. The first kappa shape index (κ1) is 17.8. The summed E-state index contributed by atoms with van der Waals surface area (Å²) in [6.07, 6.45) is 0.611. The van der Waals surface area contributed by atoms with E-state index in [1.54, 1.807) is 11.6 Å². The standard InChI is InChI=1S/C16H19N3O4S2/c1-10-11(2)18-23-16(10)13-5-6-15(22-13)25(20,21)19(4)8-7-14-12(3)17-9-24-14/h5-6,9H,7-8H2,1-4H3. The fraction of sp³-hybridized carbons (Fsp3) is 0.375. The molecule has 0 radical (unpaired) electrons. The largest absolute Gasteiger partial charge is 0.440 e. The summed E-state index contributed by atoms with van der Waals surface area (Å²) in [5.41, 5.74) is 4.27. The van der Waals surface area contributed by atoms with Gasteiger partial charge in [0.15, 0.2) is 5.76 Å². The van der Waals surface area contributed by atoms with Crippen LogP contribution in [0.5, 0.6) is 0 Å². The highest BCUT2D eigenvalue weighted by atomic mass is 32.2. The molecule has 3 aromatic heterocycles. The predicted octanol–water partition coefficient (Wildman–Crippen LogP) is 3.18. The summed E-state index contributed by atoms with van der Waals surface area (Å²) in [5.74, 6) is 0.797. The molecule has 3 aromatic rings. The van der Waals surface area contributed by atoms with E-state index < -0.39 is 10.0 Å². The van der Waals surface area contributed by atoms with Gasteiger partial charge in [0.2, 0.25) is 10.9 Å². The lowest BCUT2D eigenvalue weighted by Crippen LogP contribution is -2.28. The lowest BCUT2D eigenvalue weighted by atomic mass is 10.2. The third-order valence-electron chi connectivity index (χ3n) is 4.13. The number of hydrogen-bond donors (Lipinski definition) is 0. The topological polar surface area (TPSA) is 89.4 Å². The lowest BCUT2D eigenvalue weighted by Gasteiger charge is -2.14. The molecule has 0 atom stereocenters. The highest BCUT2D eigenvalue weighted by molar-refractivity contribution is 7.89. The fourth-order valence-electron chi connectivity index (χ4n) is 2.32. The van der Waals surface area contributed by atoms with Crippen LogP contribution in [0.25, 0.3) is 11.5 Å². The van der Waals surface area contributed by atoms with Gasteiger partial charge in [-0.3, -0.25) is 0 Å². The molecule has 7 nitrogen and oxygen atoms in total. The van der Waals surface area contributed by atoms with Crippen LogP contribution < -0.4 is 0 Å². The van der Waals surface area contributed by atoms with Gasteiger partial charge in [-0.15, -0.1) is 11.3 Å². The van der Waals surface area contributed by atoms with E-state index in [0.717, 1.165) is 21.8 Å². The molecule has 0 amide bonds. The summed E-state index contributed by atoms with van der Waals surface area (Å²) >= 11 is 1.53. The van der Waals surface area contributed by atoms with Gasteiger partial charge in [-0.1, -0.05) is 5.16 Å². The Morgan fingerprint density at radius 3 is 2.56 bits per heavy atom. The second kappa shape index (κ2) is 6.74. The smallest absolute Gasteiger partial charge is 0.276 e. The van der Waals surface area contributed by atoms with Crippen molar-refractivity contribution in [3.8, 4) is 11.5 Å². The Balaban J connectivity index is 1.78. The SMILES string of the molecule is Cc1ncsc1CCN(C)S(=O)(=O)c1ccc(-c2onc(C)c2C)o1. The molecular formula is C16H19N3O4S2. The predicted molar refractivity (Wildman–Crippen MR) is 94.0 cm³/mol. The van der Waals surface area contributed by atoms with E-state index in [9.17, 15) is 8.42 Å². The average molecular weight is 381 g/mol. The molecule has 0 aromatic carbocycles. The van der Waals surface area contributed by atoms with Gasteiger partial charge in [-0.2, -0.15) is 4.31 Å². The summed E-state index contributed by atoms with van der Waals surface area (Å²) in [5, 5.41) is 3.75. The van der Waals surface area contributed by atoms with Crippen molar-refractivity contribution in [2.45, 2.75) is 32.3 Å². The summed E-state index contributed by atoms with van der Waals surface area (Å²) in [6, 6.07) is 3.03. The molecule has 0 aliphatic carbocycles. The number of thiazole rings is 1. The van der Waals surface area contributed by atoms with Crippen molar-refractivity contribution in [3.05, 3.63) is 39.5 Å². The Labute approximate surface area is 150 Å². The second-order valence-electron chi connectivity index (χ2n) is 5.78. The van der Waals surface area contributed by atoms with E-state index in [-0.39, 0.29) is 5.09 Å². The monoisotopic (exact) mass is 381 g/mol. The molecule has 0 spiro atoms. The van der Waals surface area contributed by atoms with E-state index in [4.69, 9.17) is 8.94 Å². The van der Waals surface area contributed by atoms with E-state index in [2.05, 4.69) is 10.1 Å².